The quantitative estimate of drug-likeness (QED) is 0.212. The number of rotatable bonds is 2. The first kappa shape index (κ1) is 23.7. The zero-order valence-corrected chi connectivity index (χ0v) is 23.7. The van der Waals surface area contributed by atoms with Crippen molar-refractivity contribution in [3.05, 3.63) is 120 Å². The summed E-state index contributed by atoms with van der Waals surface area (Å²) in [5.41, 5.74) is 6.88. The Morgan fingerprint density at radius 2 is 1.43 bits per heavy atom. The molecule has 0 spiro atoms. The van der Waals surface area contributed by atoms with Gasteiger partial charge in [-0.05, 0) is 76.5 Å². The molecule has 0 bridgehead atoms. The van der Waals surface area contributed by atoms with Crippen molar-refractivity contribution in [3.8, 4) is 17.1 Å². The average Bonchev–Trinajstić information content (AvgIpc) is 3.61. The van der Waals surface area contributed by atoms with E-state index in [0.717, 1.165) is 68.3 Å². The minimum atomic E-state index is 0.526. The van der Waals surface area contributed by atoms with Gasteiger partial charge in [0.2, 0.25) is 5.71 Å². The lowest BCUT2D eigenvalue weighted by atomic mass is 10.0. The summed E-state index contributed by atoms with van der Waals surface area (Å²) in [6.07, 6.45) is 8.65. The van der Waals surface area contributed by atoms with E-state index in [0.29, 0.717) is 5.71 Å². The van der Waals surface area contributed by atoms with Gasteiger partial charge < -0.3 is 4.42 Å². The molecule has 0 saturated heterocycles. The first-order valence-corrected chi connectivity index (χ1v) is 15.0. The van der Waals surface area contributed by atoms with Crippen molar-refractivity contribution in [1.29, 1.82) is 0 Å². The predicted molar refractivity (Wildman–Crippen MR) is 179 cm³/mol. The van der Waals surface area contributed by atoms with Gasteiger partial charge in [0.05, 0.1) is 16.6 Å². The maximum atomic E-state index is 6.27. The van der Waals surface area contributed by atoms with Crippen LogP contribution in [-0.4, -0.2) is 19.5 Å². The molecule has 0 unspecified atom stereocenters. The van der Waals surface area contributed by atoms with E-state index in [1.807, 2.05) is 30.5 Å². The number of pyridine rings is 1. The highest BCUT2D eigenvalue weighted by atomic mass is 16.3. The number of aromatic nitrogens is 4. The Kier molecular flexibility index (Phi) is 4.77. The molecule has 206 valence electrons. The van der Waals surface area contributed by atoms with Gasteiger partial charge in [0.1, 0.15) is 16.8 Å². The van der Waals surface area contributed by atoms with E-state index in [9.17, 15) is 0 Å². The summed E-state index contributed by atoms with van der Waals surface area (Å²) in [6, 6.07) is 36.2. The molecule has 4 heterocycles. The molecule has 9 aromatic rings. The molecule has 0 aliphatic heterocycles. The number of hydrogen-bond donors (Lipinski definition) is 0. The topological polar surface area (TPSA) is 56.7 Å². The zero-order chi connectivity index (χ0) is 28.8. The molecule has 0 atom stereocenters. The van der Waals surface area contributed by atoms with E-state index in [1.165, 1.54) is 32.0 Å². The molecule has 0 N–H and O–H groups in total. The molecule has 0 radical (unpaired) electrons. The molecule has 0 amide bonds. The van der Waals surface area contributed by atoms with Crippen LogP contribution in [0.15, 0.2) is 114 Å². The van der Waals surface area contributed by atoms with E-state index >= 15 is 0 Å². The third-order valence-corrected chi connectivity index (χ3v) is 9.04. The highest BCUT2D eigenvalue weighted by molar-refractivity contribution is 6.21. The second-order valence-corrected chi connectivity index (χ2v) is 11.6. The molecule has 4 aromatic heterocycles. The molecular formula is C39H24N4O. The summed E-state index contributed by atoms with van der Waals surface area (Å²) in [7, 11) is 0. The lowest BCUT2D eigenvalue weighted by Gasteiger charge is -2.13. The first-order chi connectivity index (χ1) is 21.8. The van der Waals surface area contributed by atoms with Crippen LogP contribution in [0.2, 0.25) is 0 Å². The monoisotopic (exact) mass is 564 g/mol. The SMILES string of the molecule is C1=c2cc3c4c5ccccc5ccc4n(-c4nc5c(nc4-c4ccc6cccnc6c4)oc4ccccc45)c3cc2=CCC1. The lowest BCUT2D eigenvalue weighted by Crippen LogP contribution is -2.26. The largest absolute Gasteiger partial charge is 0.436 e. The minimum absolute atomic E-state index is 0.526. The number of nitrogens with zero attached hydrogens (tertiary/aromatic N) is 4. The lowest BCUT2D eigenvalue weighted by molar-refractivity contribution is 0.653. The molecule has 10 rings (SSSR count). The van der Waals surface area contributed by atoms with Crippen LogP contribution in [0.25, 0.3) is 94.9 Å². The molecular weight excluding hydrogens is 540 g/mol. The van der Waals surface area contributed by atoms with Gasteiger partial charge in [-0.15, -0.1) is 0 Å². The molecule has 0 saturated carbocycles. The van der Waals surface area contributed by atoms with Crippen LogP contribution in [0, 0.1) is 0 Å². The summed E-state index contributed by atoms with van der Waals surface area (Å²) >= 11 is 0. The maximum Gasteiger partial charge on any atom is 0.247 e. The fourth-order valence-electron chi connectivity index (χ4n) is 7.00. The van der Waals surface area contributed by atoms with Gasteiger partial charge in [0.25, 0.3) is 0 Å². The van der Waals surface area contributed by atoms with E-state index < -0.39 is 0 Å². The van der Waals surface area contributed by atoms with Crippen molar-refractivity contribution >= 4 is 77.8 Å². The fraction of sp³-hybridized carbons (Fsp3) is 0.0513. The summed E-state index contributed by atoms with van der Waals surface area (Å²) < 4.78 is 8.59. The number of fused-ring (bicyclic) bond motifs is 10. The van der Waals surface area contributed by atoms with Crippen LogP contribution in [0.3, 0.4) is 0 Å². The van der Waals surface area contributed by atoms with Gasteiger partial charge >= 0.3 is 0 Å². The standard InChI is InChI=1S/C39H24N4O/c1-2-10-26-22-33-30(20-25(26)9-1)35-28-12-4-3-8-23(28)17-18-32(35)43(33)38-36(27-16-15-24-11-7-19-40-31(24)21-27)42-39-37(41-38)29-13-5-6-14-34(29)44-39/h3-22H,1-2H2. The van der Waals surface area contributed by atoms with Crippen LogP contribution in [0.4, 0.5) is 0 Å². The van der Waals surface area contributed by atoms with Crippen molar-refractivity contribution in [2.45, 2.75) is 12.8 Å². The Labute approximate surface area is 251 Å². The maximum absolute atomic E-state index is 6.27. The van der Waals surface area contributed by atoms with Crippen molar-refractivity contribution < 1.29 is 4.42 Å². The smallest absolute Gasteiger partial charge is 0.247 e. The molecule has 44 heavy (non-hydrogen) atoms. The predicted octanol–water partition coefficient (Wildman–Crippen LogP) is 8.20. The van der Waals surface area contributed by atoms with Crippen LogP contribution in [0.5, 0.6) is 0 Å². The van der Waals surface area contributed by atoms with E-state index in [1.54, 1.807) is 0 Å². The van der Waals surface area contributed by atoms with Gasteiger partial charge in [0, 0.05) is 33.3 Å². The average molecular weight is 565 g/mol. The summed E-state index contributed by atoms with van der Waals surface area (Å²) in [5.74, 6) is 0.773. The molecule has 0 fully saturated rings. The Morgan fingerprint density at radius 1 is 0.636 bits per heavy atom. The zero-order valence-electron chi connectivity index (χ0n) is 23.7. The normalized spacial score (nSPS) is 13.2. The molecule has 1 aliphatic carbocycles. The highest BCUT2D eigenvalue weighted by Gasteiger charge is 2.23. The van der Waals surface area contributed by atoms with E-state index in [-0.39, 0.29) is 0 Å². The second kappa shape index (κ2) is 8.85. The van der Waals surface area contributed by atoms with Gasteiger partial charge in [0.15, 0.2) is 5.82 Å². The summed E-state index contributed by atoms with van der Waals surface area (Å²) in [4.78, 5) is 15.3. The van der Waals surface area contributed by atoms with E-state index in [4.69, 9.17) is 14.4 Å². The van der Waals surface area contributed by atoms with Crippen LogP contribution in [-0.2, 0) is 0 Å². The Balaban J connectivity index is 1.41. The minimum Gasteiger partial charge on any atom is -0.436 e. The second-order valence-electron chi connectivity index (χ2n) is 11.6. The number of furan rings is 1. The van der Waals surface area contributed by atoms with Gasteiger partial charge in [-0.1, -0.05) is 72.8 Å². The molecule has 1 aliphatic rings. The fourth-order valence-corrected chi connectivity index (χ4v) is 7.00. The number of hydrogen-bond acceptors (Lipinski definition) is 4. The Hall–Kier alpha value is -5.81. The van der Waals surface area contributed by atoms with Crippen molar-refractivity contribution in [1.82, 2.24) is 19.5 Å². The Morgan fingerprint density at radius 3 is 2.36 bits per heavy atom. The molecule has 5 nitrogen and oxygen atoms in total. The van der Waals surface area contributed by atoms with E-state index in [2.05, 4.69) is 101 Å². The van der Waals surface area contributed by atoms with Crippen LogP contribution < -0.4 is 10.4 Å². The van der Waals surface area contributed by atoms with Crippen molar-refractivity contribution in [2.24, 2.45) is 0 Å². The summed E-state index contributed by atoms with van der Waals surface area (Å²) in [6.45, 7) is 0. The molecule has 5 aromatic carbocycles. The number of benzene rings is 5. The first-order valence-electron chi connectivity index (χ1n) is 15.0. The van der Waals surface area contributed by atoms with Crippen LogP contribution in [0.1, 0.15) is 12.8 Å². The van der Waals surface area contributed by atoms with Crippen molar-refractivity contribution in [3.63, 3.8) is 0 Å². The van der Waals surface area contributed by atoms with Gasteiger partial charge in [-0.3, -0.25) is 9.55 Å². The highest BCUT2D eigenvalue weighted by Crippen LogP contribution is 2.39. The Bertz CT molecular complexity index is 2790. The third kappa shape index (κ3) is 3.32. The van der Waals surface area contributed by atoms with Crippen molar-refractivity contribution in [2.75, 3.05) is 0 Å². The number of para-hydroxylation sites is 1. The van der Waals surface area contributed by atoms with Gasteiger partial charge in [-0.2, -0.15) is 0 Å². The molecule has 5 heteroatoms. The van der Waals surface area contributed by atoms with Crippen LogP contribution >= 0.6 is 0 Å². The third-order valence-electron chi connectivity index (χ3n) is 9.04. The summed E-state index contributed by atoms with van der Waals surface area (Å²) in [5, 5.41) is 9.47. The van der Waals surface area contributed by atoms with Gasteiger partial charge in [-0.25, -0.2) is 9.97 Å².